The Morgan fingerprint density at radius 2 is 2.16 bits per heavy atom. The van der Waals surface area contributed by atoms with E-state index in [0.29, 0.717) is 0 Å². The maximum Gasteiger partial charge on any atom is 0.317 e. The van der Waals surface area contributed by atoms with E-state index >= 15 is 0 Å². The van der Waals surface area contributed by atoms with Gasteiger partial charge in [0.15, 0.2) is 0 Å². The van der Waals surface area contributed by atoms with Gasteiger partial charge in [-0.3, -0.25) is 9.69 Å². The Bertz CT molecular complexity index is 493. The van der Waals surface area contributed by atoms with Gasteiger partial charge in [0.1, 0.15) is 6.42 Å². The lowest BCUT2D eigenvalue weighted by molar-refractivity contribution is -0.139. The van der Waals surface area contributed by atoms with Crippen LogP contribution in [-0.2, 0) is 16.1 Å². The number of carbonyl (C=O) groups excluding carboxylic acids is 1. The highest BCUT2D eigenvalue weighted by atomic mass is 16.5. The van der Waals surface area contributed by atoms with Crippen LogP contribution in [0.2, 0.25) is 0 Å². The molecule has 1 aliphatic rings. The van der Waals surface area contributed by atoms with Crippen LogP contribution in [0.15, 0.2) is 24.3 Å². The molecule has 0 aliphatic carbocycles. The fraction of sp³-hybridized carbons (Fsp3) is 0.438. The quantitative estimate of drug-likeness (QED) is 0.614. The lowest BCUT2D eigenvalue weighted by Gasteiger charge is -2.14. The van der Waals surface area contributed by atoms with Crippen molar-refractivity contribution in [2.75, 3.05) is 20.2 Å². The monoisotopic (exact) mass is 257 g/mol. The molecule has 0 amide bonds. The fourth-order valence-electron chi connectivity index (χ4n) is 2.24. The van der Waals surface area contributed by atoms with Crippen LogP contribution < -0.4 is 0 Å². The Labute approximate surface area is 114 Å². The molecule has 0 unspecified atom stereocenters. The molecule has 0 saturated carbocycles. The summed E-state index contributed by atoms with van der Waals surface area (Å²) in [5.41, 5.74) is 2.24. The van der Waals surface area contributed by atoms with Gasteiger partial charge in [-0.25, -0.2) is 0 Å². The van der Waals surface area contributed by atoms with Crippen LogP contribution in [0.3, 0.4) is 0 Å². The second kappa shape index (κ2) is 6.96. The summed E-state index contributed by atoms with van der Waals surface area (Å²) in [4.78, 5) is 13.4. The summed E-state index contributed by atoms with van der Waals surface area (Å²) in [7, 11) is 1.38. The van der Waals surface area contributed by atoms with Gasteiger partial charge in [0.05, 0.1) is 7.11 Å². The van der Waals surface area contributed by atoms with Gasteiger partial charge in [-0.2, -0.15) is 0 Å². The van der Waals surface area contributed by atoms with Crippen molar-refractivity contribution in [2.45, 2.75) is 25.8 Å². The van der Waals surface area contributed by atoms with Gasteiger partial charge in [0.25, 0.3) is 0 Å². The molecule has 1 heterocycles. The summed E-state index contributed by atoms with van der Waals surface area (Å²) >= 11 is 0. The van der Waals surface area contributed by atoms with E-state index in [0.717, 1.165) is 12.1 Å². The number of methoxy groups -OCH3 is 1. The topological polar surface area (TPSA) is 29.5 Å². The predicted octanol–water partition coefficient (Wildman–Crippen LogP) is 2.20. The summed E-state index contributed by atoms with van der Waals surface area (Å²) in [6.45, 7) is 3.38. The molecule has 2 rings (SSSR count). The van der Waals surface area contributed by atoms with E-state index in [1.54, 1.807) is 0 Å². The Morgan fingerprint density at radius 1 is 1.37 bits per heavy atom. The third-order valence-electron chi connectivity index (χ3n) is 3.22. The van der Waals surface area contributed by atoms with Gasteiger partial charge in [-0.15, -0.1) is 0 Å². The lowest BCUT2D eigenvalue weighted by atomic mass is 10.1. The zero-order valence-corrected chi connectivity index (χ0v) is 11.3. The highest BCUT2D eigenvalue weighted by molar-refractivity contribution is 5.72. The molecule has 19 heavy (non-hydrogen) atoms. The average Bonchev–Trinajstić information content (AvgIpc) is 2.92. The van der Waals surface area contributed by atoms with E-state index < -0.39 is 0 Å². The standard InChI is InChI=1S/C16H19NO2/c1-19-16(18)9-5-7-14-6-4-8-15(12-14)13-17-10-2-3-11-17/h4,6,8,12H,2-3,9-11,13H2,1H3. The molecule has 100 valence electrons. The molecule has 0 aromatic heterocycles. The first-order chi connectivity index (χ1) is 9.28. The Morgan fingerprint density at radius 3 is 2.89 bits per heavy atom. The van der Waals surface area contributed by atoms with Crippen LogP contribution in [0, 0.1) is 11.8 Å². The van der Waals surface area contributed by atoms with E-state index in [-0.39, 0.29) is 12.4 Å². The van der Waals surface area contributed by atoms with Crippen LogP contribution in [0.25, 0.3) is 0 Å². The first-order valence-corrected chi connectivity index (χ1v) is 6.65. The summed E-state index contributed by atoms with van der Waals surface area (Å²) < 4.78 is 4.55. The first kappa shape index (κ1) is 13.6. The zero-order chi connectivity index (χ0) is 13.5. The van der Waals surface area contributed by atoms with Crippen molar-refractivity contribution in [2.24, 2.45) is 0 Å². The van der Waals surface area contributed by atoms with Gasteiger partial charge in [-0.05, 0) is 43.6 Å². The van der Waals surface area contributed by atoms with Crippen molar-refractivity contribution < 1.29 is 9.53 Å². The van der Waals surface area contributed by atoms with E-state index in [9.17, 15) is 4.79 Å². The van der Waals surface area contributed by atoms with Gasteiger partial charge in [0.2, 0.25) is 0 Å². The summed E-state index contributed by atoms with van der Waals surface area (Å²) in [5, 5.41) is 0. The third-order valence-corrected chi connectivity index (χ3v) is 3.22. The number of hydrogen-bond acceptors (Lipinski definition) is 3. The van der Waals surface area contributed by atoms with Gasteiger partial charge in [-0.1, -0.05) is 24.0 Å². The number of esters is 1. The predicted molar refractivity (Wildman–Crippen MR) is 74.5 cm³/mol. The van der Waals surface area contributed by atoms with Crippen LogP contribution in [0.1, 0.15) is 30.4 Å². The number of ether oxygens (including phenoxy) is 1. The molecule has 1 aromatic rings. The largest absolute Gasteiger partial charge is 0.468 e. The maximum atomic E-state index is 11.0. The Hall–Kier alpha value is -1.79. The van der Waals surface area contributed by atoms with E-state index in [1.165, 1.54) is 38.6 Å². The van der Waals surface area contributed by atoms with E-state index in [2.05, 4.69) is 33.6 Å². The number of likely N-dealkylation sites (tertiary alicyclic amines) is 1. The molecule has 1 aromatic carbocycles. The minimum atomic E-state index is -0.291. The van der Waals surface area contributed by atoms with Crippen molar-refractivity contribution in [3.63, 3.8) is 0 Å². The molecule has 0 atom stereocenters. The van der Waals surface area contributed by atoms with Crippen LogP contribution in [-0.4, -0.2) is 31.1 Å². The second-order valence-electron chi connectivity index (χ2n) is 4.74. The number of rotatable bonds is 3. The maximum absolute atomic E-state index is 11.0. The second-order valence-corrected chi connectivity index (χ2v) is 4.74. The smallest absolute Gasteiger partial charge is 0.317 e. The van der Waals surface area contributed by atoms with Crippen molar-refractivity contribution in [1.82, 2.24) is 4.90 Å². The summed E-state index contributed by atoms with van der Waals surface area (Å²) in [6, 6.07) is 8.22. The molecule has 0 bridgehead atoms. The fourth-order valence-corrected chi connectivity index (χ4v) is 2.24. The minimum absolute atomic E-state index is 0.146. The first-order valence-electron chi connectivity index (χ1n) is 6.65. The van der Waals surface area contributed by atoms with Crippen molar-refractivity contribution >= 4 is 5.97 Å². The van der Waals surface area contributed by atoms with Crippen molar-refractivity contribution in [3.05, 3.63) is 35.4 Å². The molecular weight excluding hydrogens is 238 g/mol. The SMILES string of the molecule is COC(=O)CC#Cc1cccc(CN2CCCC2)c1. The Balaban J connectivity index is 1.96. The number of nitrogens with zero attached hydrogens (tertiary/aromatic N) is 1. The van der Waals surface area contributed by atoms with Crippen LogP contribution >= 0.6 is 0 Å². The number of benzene rings is 1. The van der Waals surface area contributed by atoms with Crippen molar-refractivity contribution in [3.8, 4) is 11.8 Å². The molecule has 0 N–H and O–H groups in total. The number of hydrogen-bond donors (Lipinski definition) is 0. The highest BCUT2D eigenvalue weighted by Gasteiger charge is 2.11. The molecule has 1 saturated heterocycles. The number of carbonyl (C=O) groups is 1. The molecular formula is C16H19NO2. The van der Waals surface area contributed by atoms with Gasteiger partial charge < -0.3 is 4.74 Å². The third kappa shape index (κ3) is 4.42. The molecule has 3 heteroatoms. The lowest BCUT2D eigenvalue weighted by Crippen LogP contribution is -2.18. The minimum Gasteiger partial charge on any atom is -0.468 e. The van der Waals surface area contributed by atoms with Gasteiger partial charge in [0, 0.05) is 12.1 Å². The molecule has 3 nitrogen and oxygen atoms in total. The van der Waals surface area contributed by atoms with E-state index in [4.69, 9.17) is 0 Å². The Kier molecular flexibility index (Phi) is 5.00. The zero-order valence-electron chi connectivity index (χ0n) is 11.3. The van der Waals surface area contributed by atoms with Crippen molar-refractivity contribution in [1.29, 1.82) is 0 Å². The molecule has 0 spiro atoms. The van der Waals surface area contributed by atoms with Crippen LogP contribution in [0.5, 0.6) is 0 Å². The molecule has 1 fully saturated rings. The summed E-state index contributed by atoms with van der Waals surface area (Å²) in [5.74, 6) is 5.55. The highest BCUT2D eigenvalue weighted by Crippen LogP contribution is 2.13. The summed E-state index contributed by atoms with van der Waals surface area (Å²) in [6.07, 6.45) is 2.75. The van der Waals surface area contributed by atoms with Crippen LogP contribution in [0.4, 0.5) is 0 Å². The van der Waals surface area contributed by atoms with Gasteiger partial charge >= 0.3 is 5.97 Å². The van der Waals surface area contributed by atoms with E-state index in [1.807, 2.05) is 12.1 Å². The average molecular weight is 257 g/mol. The normalized spacial score (nSPS) is 14.8. The molecule has 0 radical (unpaired) electrons. The molecule has 1 aliphatic heterocycles.